The van der Waals surface area contributed by atoms with Crippen LogP contribution in [0.15, 0.2) is 18.3 Å². The third kappa shape index (κ3) is 3.37. The summed E-state index contributed by atoms with van der Waals surface area (Å²) >= 11 is 0. The van der Waals surface area contributed by atoms with Gasteiger partial charge >= 0.3 is 0 Å². The molecule has 2 aromatic rings. The third-order valence-corrected chi connectivity index (χ3v) is 2.68. The number of nitrogens with zero attached hydrogens (tertiary/aromatic N) is 1. The van der Waals surface area contributed by atoms with Crippen LogP contribution in [0.25, 0.3) is 11.4 Å². The Balaban J connectivity index is 2.08. The van der Waals surface area contributed by atoms with Crippen LogP contribution in [0.2, 0.25) is 0 Å². The van der Waals surface area contributed by atoms with Crippen LogP contribution in [0.4, 0.5) is 13.2 Å². The van der Waals surface area contributed by atoms with Crippen molar-refractivity contribution in [3.63, 3.8) is 0 Å². The minimum atomic E-state index is -1.48. The number of hydrogen-bond donors (Lipinski definition) is 2. The lowest BCUT2D eigenvalue weighted by Gasteiger charge is -2.02. The van der Waals surface area contributed by atoms with Crippen LogP contribution in [0.3, 0.4) is 0 Å². The van der Waals surface area contributed by atoms with E-state index >= 15 is 0 Å². The Morgan fingerprint density at radius 1 is 1.25 bits per heavy atom. The van der Waals surface area contributed by atoms with E-state index in [-0.39, 0.29) is 11.4 Å². The van der Waals surface area contributed by atoms with Crippen LogP contribution in [0.1, 0.15) is 5.69 Å². The molecule has 0 atom stereocenters. The van der Waals surface area contributed by atoms with Gasteiger partial charge in [-0.3, -0.25) is 0 Å². The molecule has 0 fully saturated rings. The first kappa shape index (κ1) is 14.5. The number of aromatic amines is 1. The molecular weight excluding hydrogens is 271 g/mol. The molecule has 0 aliphatic rings. The molecule has 1 heterocycles. The maximum atomic E-state index is 13.1. The average molecular weight is 285 g/mol. The molecule has 2 rings (SSSR count). The average Bonchev–Trinajstić information content (AvgIpc) is 2.89. The van der Waals surface area contributed by atoms with Crippen molar-refractivity contribution < 1.29 is 17.9 Å². The van der Waals surface area contributed by atoms with Crippen LogP contribution in [0, 0.1) is 17.5 Å². The van der Waals surface area contributed by atoms with Gasteiger partial charge in [-0.1, -0.05) is 0 Å². The molecule has 0 radical (unpaired) electrons. The van der Waals surface area contributed by atoms with E-state index in [1.807, 2.05) is 0 Å². The van der Waals surface area contributed by atoms with Gasteiger partial charge in [0.05, 0.1) is 6.61 Å². The molecule has 1 aromatic carbocycles. The fourth-order valence-corrected chi connectivity index (χ4v) is 1.69. The summed E-state index contributed by atoms with van der Waals surface area (Å²) in [4.78, 5) is 6.92. The Labute approximate surface area is 114 Å². The second-order valence-electron chi connectivity index (χ2n) is 4.18. The fourth-order valence-electron chi connectivity index (χ4n) is 1.69. The molecule has 108 valence electrons. The second-order valence-corrected chi connectivity index (χ2v) is 4.18. The highest BCUT2D eigenvalue weighted by atomic mass is 19.2. The summed E-state index contributed by atoms with van der Waals surface area (Å²) in [7, 11) is 1.60. The number of methoxy groups -OCH3 is 1. The zero-order chi connectivity index (χ0) is 14.5. The molecular formula is C13H14F3N3O. The Bertz CT molecular complexity index is 563. The van der Waals surface area contributed by atoms with Gasteiger partial charge in [0.2, 0.25) is 0 Å². The molecule has 0 aliphatic heterocycles. The van der Waals surface area contributed by atoms with Gasteiger partial charge in [0.1, 0.15) is 5.82 Å². The molecule has 1 aromatic heterocycles. The number of benzene rings is 1. The van der Waals surface area contributed by atoms with Gasteiger partial charge in [0, 0.05) is 37.7 Å². The molecule has 0 amide bonds. The summed E-state index contributed by atoms with van der Waals surface area (Å²) in [5, 5.41) is 3.09. The molecule has 7 heteroatoms. The zero-order valence-electron chi connectivity index (χ0n) is 10.8. The number of aromatic nitrogens is 2. The maximum absolute atomic E-state index is 13.1. The summed E-state index contributed by atoms with van der Waals surface area (Å²) < 4.78 is 44.0. The van der Waals surface area contributed by atoms with Gasteiger partial charge in [-0.2, -0.15) is 0 Å². The maximum Gasteiger partial charge on any atom is 0.194 e. The van der Waals surface area contributed by atoms with Crippen molar-refractivity contribution in [2.45, 2.75) is 6.54 Å². The first-order chi connectivity index (χ1) is 9.61. The summed E-state index contributed by atoms with van der Waals surface area (Å²) in [6.07, 6.45) is 1.55. The number of nitrogens with one attached hydrogen (secondary N) is 2. The lowest BCUT2D eigenvalue weighted by Crippen LogP contribution is -2.18. The molecule has 0 spiro atoms. The van der Waals surface area contributed by atoms with Gasteiger partial charge in [0.15, 0.2) is 17.5 Å². The predicted octanol–water partition coefficient (Wildman–Crippen LogP) is 2.23. The number of rotatable bonds is 6. The molecule has 0 bridgehead atoms. The van der Waals surface area contributed by atoms with Crippen molar-refractivity contribution >= 4 is 0 Å². The number of imidazole rings is 1. The highest BCUT2D eigenvalue weighted by Crippen LogP contribution is 2.21. The van der Waals surface area contributed by atoms with Crippen molar-refractivity contribution in [2.24, 2.45) is 0 Å². The highest BCUT2D eigenvalue weighted by molar-refractivity contribution is 5.55. The van der Waals surface area contributed by atoms with Crippen molar-refractivity contribution in [1.82, 2.24) is 15.3 Å². The molecule has 20 heavy (non-hydrogen) atoms. The molecule has 0 aliphatic carbocycles. The van der Waals surface area contributed by atoms with Crippen LogP contribution >= 0.6 is 0 Å². The quantitative estimate of drug-likeness (QED) is 0.632. The van der Waals surface area contributed by atoms with Gasteiger partial charge in [-0.05, 0) is 12.1 Å². The second kappa shape index (κ2) is 6.53. The predicted molar refractivity (Wildman–Crippen MR) is 67.5 cm³/mol. The minimum absolute atomic E-state index is 0.157. The summed E-state index contributed by atoms with van der Waals surface area (Å²) in [5.74, 6) is -3.68. The van der Waals surface area contributed by atoms with Crippen LogP contribution < -0.4 is 5.32 Å². The highest BCUT2D eigenvalue weighted by Gasteiger charge is 2.13. The van der Waals surface area contributed by atoms with Crippen LogP contribution in [0.5, 0.6) is 0 Å². The SMILES string of the molecule is COCCNCc1cnc(-c2cc(F)c(F)c(F)c2)[nH]1. The topological polar surface area (TPSA) is 49.9 Å². The molecule has 2 N–H and O–H groups in total. The monoisotopic (exact) mass is 285 g/mol. The Morgan fingerprint density at radius 3 is 2.60 bits per heavy atom. The summed E-state index contributed by atoms with van der Waals surface area (Å²) in [6, 6.07) is 1.80. The standard InChI is InChI=1S/C13H14F3N3O/c1-20-3-2-17-6-9-7-18-13(19-9)8-4-10(14)12(16)11(15)5-8/h4-5,7,17H,2-3,6H2,1H3,(H,18,19). The number of ether oxygens (including phenoxy) is 1. The first-order valence-electron chi connectivity index (χ1n) is 6.00. The van der Waals surface area contributed by atoms with Crippen molar-refractivity contribution in [3.05, 3.63) is 41.5 Å². The zero-order valence-corrected chi connectivity index (χ0v) is 10.8. The van der Waals surface area contributed by atoms with E-state index in [1.165, 1.54) is 0 Å². The van der Waals surface area contributed by atoms with E-state index in [0.29, 0.717) is 19.7 Å². The number of H-pyrrole nitrogens is 1. The van der Waals surface area contributed by atoms with Crippen LogP contribution in [-0.4, -0.2) is 30.2 Å². The van der Waals surface area contributed by atoms with E-state index in [0.717, 1.165) is 17.8 Å². The smallest absolute Gasteiger partial charge is 0.194 e. The van der Waals surface area contributed by atoms with Gasteiger partial charge < -0.3 is 15.0 Å². The molecule has 4 nitrogen and oxygen atoms in total. The van der Waals surface area contributed by atoms with Gasteiger partial charge in [-0.15, -0.1) is 0 Å². The Morgan fingerprint density at radius 2 is 1.95 bits per heavy atom. The number of halogens is 3. The van der Waals surface area contributed by atoms with E-state index in [4.69, 9.17) is 4.74 Å². The Hall–Kier alpha value is -1.86. The van der Waals surface area contributed by atoms with Gasteiger partial charge in [0.25, 0.3) is 0 Å². The fraction of sp³-hybridized carbons (Fsp3) is 0.308. The number of hydrogen-bond acceptors (Lipinski definition) is 3. The molecule has 0 saturated carbocycles. The largest absolute Gasteiger partial charge is 0.383 e. The minimum Gasteiger partial charge on any atom is -0.383 e. The molecule has 0 unspecified atom stereocenters. The Kier molecular flexibility index (Phi) is 4.75. The molecule has 0 saturated heterocycles. The lowest BCUT2D eigenvalue weighted by molar-refractivity contribution is 0.199. The van der Waals surface area contributed by atoms with Crippen molar-refractivity contribution in [1.29, 1.82) is 0 Å². The van der Waals surface area contributed by atoms with E-state index in [9.17, 15) is 13.2 Å². The van der Waals surface area contributed by atoms with Crippen molar-refractivity contribution in [2.75, 3.05) is 20.3 Å². The normalized spacial score (nSPS) is 11.0. The summed E-state index contributed by atoms with van der Waals surface area (Å²) in [5.41, 5.74) is 0.908. The third-order valence-electron chi connectivity index (χ3n) is 2.68. The summed E-state index contributed by atoms with van der Waals surface area (Å²) in [6.45, 7) is 1.77. The van der Waals surface area contributed by atoms with Gasteiger partial charge in [-0.25, -0.2) is 18.2 Å². The van der Waals surface area contributed by atoms with E-state index in [1.54, 1.807) is 13.3 Å². The van der Waals surface area contributed by atoms with E-state index in [2.05, 4.69) is 15.3 Å². The van der Waals surface area contributed by atoms with Crippen molar-refractivity contribution in [3.8, 4) is 11.4 Å². The lowest BCUT2D eigenvalue weighted by atomic mass is 10.2. The first-order valence-corrected chi connectivity index (χ1v) is 6.00. The van der Waals surface area contributed by atoms with Crippen LogP contribution in [-0.2, 0) is 11.3 Å². The van der Waals surface area contributed by atoms with E-state index < -0.39 is 17.5 Å².